The zero-order valence-electron chi connectivity index (χ0n) is 10.1. The quantitative estimate of drug-likeness (QED) is 0.779. The van der Waals surface area contributed by atoms with E-state index in [1.807, 2.05) is 33.0 Å². The van der Waals surface area contributed by atoms with Crippen LogP contribution in [0.15, 0.2) is 30.7 Å². The van der Waals surface area contributed by atoms with Crippen molar-refractivity contribution in [3.63, 3.8) is 0 Å². The third kappa shape index (κ3) is 2.82. The van der Waals surface area contributed by atoms with Gasteiger partial charge in [0, 0.05) is 18.5 Å². The van der Waals surface area contributed by atoms with Gasteiger partial charge in [0.2, 0.25) is 0 Å². The lowest BCUT2D eigenvalue weighted by Crippen LogP contribution is -1.97. The van der Waals surface area contributed by atoms with E-state index in [0.29, 0.717) is 0 Å². The first-order valence-corrected chi connectivity index (χ1v) is 5.31. The first-order chi connectivity index (χ1) is 7.79. The van der Waals surface area contributed by atoms with E-state index < -0.39 is 0 Å². The summed E-state index contributed by atoms with van der Waals surface area (Å²) in [6.07, 6.45) is 5.41. The fourth-order valence-electron chi connectivity index (χ4n) is 1.19. The van der Waals surface area contributed by atoms with Gasteiger partial charge in [0.15, 0.2) is 5.82 Å². The molecule has 0 N–H and O–H groups in total. The Balaban J connectivity index is 0.000000606. The summed E-state index contributed by atoms with van der Waals surface area (Å²) in [6.45, 7) is 5.99. The summed E-state index contributed by atoms with van der Waals surface area (Å²) < 4.78 is 6.82. The van der Waals surface area contributed by atoms with Gasteiger partial charge in [-0.25, -0.2) is 9.67 Å². The number of aryl methyl sites for hydroxylation is 1. The topological polar surface area (TPSA) is 39.9 Å². The number of methoxy groups -OCH3 is 1. The molecule has 4 heteroatoms. The predicted octanol–water partition coefficient (Wildman–Crippen LogP) is 2.61. The molecule has 16 heavy (non-hydrogen) atoms. The van der Waals surface area contributed by atoms with Gasteiger partial charge >= 0.3 is 0 Å². The Morgan fingerprint density at radius 2 is 2.06 bits per heavy atom. The monoisotopic (exact) mass is 219 g/mol. The zero-order valence-corrected chi connectivity index (χ0v) is 10.1. The number of nitrogens with zero attached hydrogens (tertiary/aromatic N) is 3. The van der Waals surface area contributed by atoms with Crippen LogP contribution in [0.25, 0.3) is 5.82 Å². The van der Waals surface area contributed by atoms with Gasteiger partial charge in [-0.05, 0) is 18.6 Å². The Hall–Kier alpha value is -1.84. The highest BCUT2D eigenvalue weighted by molar-refractivity contribution is 5.31. The van der Waals surface area contributed by atoms with Crippen LogP contribution in [0.1, 0.15) is 19.4 Å². The second-order valence-corrected chi connectivity index (χ2v) is 3.02. The van der Waals surface area contributed by atoms with Gasteiger partial charge in [-0.1, -0.05) is 13.8 Å². The van der Waals surface area contributed by atoms with Crippen molar-refractivity contribution in [2.45, 2.75) is 20.8 Å². The molecule has 2 heterocycles. The molecule has 86 valence electrons. The Labute approximate surface area is 95.9 Å². The Morgan fingerprint density at radius 1 is 1.31 bits per heavy atom. The fourth-order valence-corrected chi connectivity index (χ4v) is 1.19. The van der Waals surface area contributed by atoms with E-state index in [9.17, 15) is 0 Å². The van der Waals surface area contributed by atoms with Crippen LogP contribution >= 0.6 is 0 Å². The van der Waals surface area contributed by atoms with Crippen molar-refractivity contribution in [3.05, 3.63) is 36.3 Å². The largest absolute Gasteiger partial charge is 0.497 e. The molecule has 0 aliphatic heterocycles. The van der Waals surface area contributed by atoms with E-state index in [0.717, 1.165) is 17.1 Å². The Morgan fingerprint density at radius 3 is 2.62 bits per heavy atom. The van der Waals surface area contributed by atoms with Crippen molar-refractivity contribution < 1.29 is 4.74 Å². The SMILES string of the molecule is CC.COc1ccnc(-n2cc(C)cn2)c1. The average Bonchev–Trinajstić information content (AvgIpc) is 2.79. The van der Waals surface area contributed by atoms with E-state index in [2.05, 4.69) is 10.1 Å². The number of hydrogen-bond acceptors (Lipinski definition) is 3. The molecule has 0 spiro atoms. The van der Waals surface area contributed by atoms with Gasteiger partial charge < -0.3 is 4.74 Å². The van der Waals surface area contributed by atoms with Crippen LogP contribution in [0.4, 0.5) is 0 Å². The summed E-state index contributed by atoms with van der Waals surface area (Å²) in [4.78, 5) is 4.19. The van der Waals surface area contributed by atoms with Crippen molar-refractivity contribution in [1.29, 1.82) is 0 Å². The van der Waals surface area contributed by atoms with Crippen molar-refractivity contribution in [3.8, 4) is 11.6 Å². The first-order valence-electron chi connectivity index (χ1n) is 5.31. The molecule has 0 fully saturated rings. The molecule has 0 atom stereocenters. The number of aromatic nitrogens is 3. The lowest BCUT2D eigenvalue weighted by molar-refractivity contribution is 0.414. The number of ether oxygens (including phenoxy) is 1. The summed E-state index contributed by atoms with van der Waals surface area (Å²) >= 11 is 0. The number of rotatable bonds is 2. The van der Waals surface area contributed by atoms with E-state index in [-0.39, 0.29) is 0 Å². The Bertz CT molecular complexity index is 437. The zero-order chi connectivity index (χ0) is 12.0. The maximum absolute atomic E-state index is 5.10. The second kappa shape index (κ2) is 5.90. The summed E-state index contributed by atoms with van der Waals surface area (Å²) in [6, 6.07) is 3.65. The van der Waals surface area contributed by atoms with Gasteiger partial charge in [-0.2, -0.15) is 5.10 Å². The third-order valence-electron chi connectivity index (χ3n) is 1.90. The molecule has 0 amide bonds. The second-order valence-electron chi connectivity index (χ2n) is 3.02. The molecule has 0 aliphatic carbocycles. The van der Waals surface area contributed by atoms with Crippen molar-refractivity contribution in [2.75, 3.05) is 7.11 Å². The molecule has 0 unspecified atom stereocenters. The van der Waals surface area contributed by atoms with Crippen molar-refractivity contribution >= 4 is 0 Å². The van der Waals surface area contributed by atoms with Crippen LogP contribution < -0.4 is 4.74 Å². The van der Waals surface area contributed by atoms with E-state index >= 15 is 0 Å². The van der Waals surface area contributed by atoms with Crippen LogP contribution in [0.5, 0.6) is 5.75 Å². The molecule has 4 nitrogen and oxygen atoms in total. The average molecular weight is 219 g/mol. The summed E-state index contributed by atoms with van der Waals surface area (Å²) in [7, 11) is 1.63. The summed E-state index contributed by atoms with van der Waals surface area (Å²) in [5, 5.41) is 4.16. The third-order valence-corrected chi connectivity index (χ3v) is 1.90. The van der Waals surface area contributed by atoms with Crippen molar-refractivity contribution in [1.82, 2.24) is 14.8 Å². The minimum atomic E-state index is 0.762. The highest BCUT2D eigenvalue weighted by Gasteiger charge is 2.00. The van der Waals surface area contributed by atoms with Crippen LogP contribution in [0.3, 0.4) is 0 Å². The van der Waals surface area contributed by atoms with E-state index in [1.54, 1.807) is 30.3 Å². The van der Waals surface area contributed by atoms with Crippen LogP contribution in [0, 0.1) is 6.92 Å². The van der Waals surface area contributed by atoms with Gasteiger partial charge in [0.1, 0.15) is 5.75 Å². The smallest absolute Gasteiger partial charge is 0.156 e. The minimum absolute atomic E-state index is 0.762. The number of pyridine rings is 1. The highest BCUT2D eigenvalue weighted by atomic mass is 16.5. The molecular weight excluding hydrogens is 202 g/mol. The Kier molecular flexibility index (Phi) is 4.51. The van der Waals surface area contributed by atoms with E-state index in [1.165, 1.54) is 0 Å². The van der Waals surface area contributed by atoms with Gasteiger partial charge in [0.25, 0.3) is 0 Å². The lowest BCUT2D eigenvalue weighted by Gasteiger charge is -2.02. The molecule has 0 saturated carbocycles. The first kappa shape index (κ1) is 12.2. The van der Waals surface area contributed by atoms with Gasteiger partial charge in [-0.15, -0.1) is 0 Å². The normalized spacial score (nSPS) is 9.25. The highest BCUT2D eigenvalue weighted by Crippen LogP contribution is 2.13. The molecule has 0 aliphatic rings. The molecule has 0 bridgehead atoms. The van der Waals surface area contributed by atoms with Crippen LogP contribution in [-0.4, -0.2) is 21.9 Å². The lowest BCUT2D eigenvalue weighted by atomic mass is 10.4. The molecule has 0 aromatic carbocycles. The van der Waals surface area contributed by atoms with Gasteiger partial charge in [0.05, 0.1) is 13.3 Å². The summed E-state index contributed by atoms with van der Waals surface area (Å²) in [5.74, 6) is 1.54. The minimum Gasteiger partial charge on any atom is -0.497 e. The molecule has 0 radical (unpaired) electrons. The standard InChI is InChI=1S/C10H11N3O.C2H6/c1-8-6-12-13(7-8)10-5-9(14-2)3-4-11-10;1-2/h3-7H,1-2H3;1-2H3. The molecule has 2 aromatic heterocycles. The fraction of sp³-hybridized carbons (Fsp3) is 0.333. The maximum atomic E-state index is 5.10. The predicted molar refractivity (Wildman–Crippen MR) is 64.0 cm³/mol. The molecular formula is C12H17N3O. The maximum Gasteiger partial charge on any atom is 0.156 e. The molecule has 2 rings (SSSR count). The van der Waals surface area contributed by atoms with Crippen molar-refractivity contribution in [2.24, 2.45) is 0 Å². The summed E-state index contributed by atoms with van der Waals surface area (Å²) in [5.41, 5.74) is 1.11. The van der Waals surface area contributed by atoms with Crippen LogP contribution in [0.2, 0.25) is 0 Å². The van der Waals surface area contributed by atoms with Gasteiger partial charge in [-0.3, -0.25) is 0 Å². The van der Waals surface area contributed by atoms with E-state index in [4.69, 9.17) is 4.74 Å². The van der Waals surface area contributed by atoms with Crippen LogP contribution in [-0.2, 0) is 0 Å². The number of hydrogen-bond donors (Lipinski definition) is 0. The molecule has 2 aromatic rings. The molecule has 0 saturated heterocycles.